The Balaban J connectivity index is 2.11. The average Bonchev–Trinajstić information content (AvgIpc) is 2.65. The number of nitrogens with one attached hydrogen (secondary N) is 1. The summed E-state index contributed by atoms with van der Waals surface area (Å²) in [5.41, 5.74) is 8.34. The number of carbonyl (C=O) groups excluding carboxylic acids is 1. The number of benzene rings is 1. The summed E-state index contributed by atoms with van der Waals surface area (Å²) in [5, 5.41) is 3.55. The summed E-state index contributed by atoms with van der Waals surface area (Å²) in [5.74, 6) is 0.823. The van der Waals surface area contributed by atoms with E-state index in [1.54, 1.807) is 25.1 Å². The molecule has 1 aromatic rings. The highest BCUT2D eigenvalue weighted by Crippen LogP contribution is 2.28. The fourth-order valence-corrected chi connectivity index (χ4v) is 2.92. The van der Waals surface area contributed by atoms with Crippen molar-refractivity contribution in [3.05, 3.63) is 23.8 Å². The van der Waals surface area contributed by atoms with Crippen LogP contribution >= 0.6 is 0 Å². The SMILES string of the molecule is CC1CCCC(Nc2cc(C(=O)N(C)C)ccc2N)CC1. The molecule has 0 aliphatic heterocycles. The quantitative estimate of drug-likeness (QED) is 0.662. The van der Waals surface area contributed by atoms with E-state index < -0.39 is 0 Å². The molecule has 1 amide bonds. The third-order valence-electron chi connectivity index (χ3n) is 4.32. The summed E-state index contributed by atoms with van der Waals surface area (Å²) in [6.45, 7) is 2.33. The van der Waals surface area contributed by atoms with E-state index in [2.05, 4.69) is 12.2 Å². The number of rotatable bonds is 3. The largest absolute Gasteiger partial charge is 0.397 e. The van der Waals surface area contributed by atoms with Gasteiger partial charge in [0.15, 0.2) is 0 Å². The first-order chi connectivity index (χ1) is 9.97. The molecule has 1 aromatic carbocycles. The predicted octanol–water partition coefficient (Wildman–Crippen LogP) is 3.35. The summed E-state index contributed by atoms with van der Waals surface area (Å²) in [6.07, 6.45) is 6.18. The summed E-state index contributed by atoms with van der Waals surface area (Å²) >= 11 is 0. The molecular formula is C17H27N3O. The lowest BCUT2D eigenvalue weighted by molar-refractivity contribution is 0.0827. The highest BCUT2D eigenvalue weighted by Gasteiger charge is 2.17. The Morgan fingerprint density at radius 2 is 2.00 bits per heavy atom. The molecule has 21 heavy (non-hydrogen) atoms. The molecule has 1 aliphatic carbocycles. The van der Waals surface area contributed by atoms with E-state index in [1.807, 2.05) is 12.1 Å². The lowest BCUT2D eigenvalue weighted by atomic mass is 10.0. The number of carbonyl (C=O) groups is 1. The first-order valence-electron chi connectivity index (χ1n) is 7.85. The summed E-state index contributed by atoms with van der Waals surface area (Å²) in [7, 11) is 3.52. The van der Waals surface area contributed by atoms with Crippen LogP contribution in [0.4, 0.5) is 11.4 Å². The Bertz CT molecular complexity index is 499. The van der Waals surface area contributed by atoms with Gasteiger partial charge in [-0.25, -0.2) is 0 Å². The zero-order chi connectivity index (χ0) is 15.4. The van der Waals surface area contributed by atoms with Gasteiger partial charge in [-0.05, 0) is 43.4 Å². The summed E-state index contributed by atoms with van der Waals surface area (Å²) < 4.78 is 0. The van der Waals surface area contributed by atoms with Crippen LogP contribution in [0.25, 0.3) is 0 Å². The lowest BCUT2D eigenvalue weighted by Gasteiger charge is -2.20. The van der Waals surface area contributed by atoms with Gasteiger partial charge in [0.2, 0.25) is 0 Å². The second-order valence-corrected chi connectivity index (χ2v) is 6.46. The highest BCUT2D eigenvalue weighted by molar-refractivity contribution is 5.95. The number of anilines is 2. The van der Waals surface area contributed by atoms with E-state index in [0.717, 1.165) is 11.6 Å². The zero-order valence-corrected chi connectivity index (χ0v) is 13.4. The minimum absolute atomic E-state index is 0.00698. The van der Waals surface area contributed by atoms with E-state index in [1.165, 1.54) is 32.1 Å². The minimum atomic E-state index is 0.00698. The van der Waals surface area contributed by atoms with E-state index >= 15 is 0 Å². The Morgan fingerprint density at radius 1 is 1.24 bits per heavy atom. The maximum atomic E-state index is 12.1. The van der Waals surface area contributed by atoms with Crippen molar-refractivity contribution in [2.45, 2.75) is 45.1 Å². The summed E-state index contributed by atoms with van der Waals surface area (Å²) in [4.78, 5) is 13.6. The molecule has 0 radical (unpaired) electrons. The topological polar surface area (TPSA) is 58.4 Å². The van der Waals surface area contributed by atoms with Crippen molar-refractivity contribution in [1.82, 2.24) is 4.90 Å². The molecule has 0 aromatic heterocycles. The molecule has 1 fully saturated rings. The Labute approximate surface area is 127 Å². The molecule has 116 valence electrons. The molecule has 4 heteroatoms. The van der Waals surface area contributed by atoms with Crippen LogP contribution in [0.3, 0.4) is 0 Å². The van der Waals surface area contributed by atoms with Gasteiger partial charge in [0, 0.05) is 25.7 Å². The van der Waals surface area contributed by atoms with Crippen molar-refractivity contribution >= 4 is 17.3 Å². The standard InChI is InChI=1S/C17H27N3O/c1-12-5-4-6-14(9-7-12)19-16-11-13(8-10-15(16)18)17(21)20(2)3/h8,10-12,14,19H,4-7,9,18H2,1-3H3. The van der Waals surface area contributed by atoms with Gasteiger partial charge < -0.3 is 16.0 Å². The highest BCUT2D eigenvalue weighted by atomic mass is 16.2. The molecule has 1 saturated carbocycles. The third-order valence-corrected chi connectivity index (χ3v) is 4.32. The number of nitrogen functional groups attached to an aromatic ring is 1. The second-order valence-electron chi connectivity index (χ2n) is 6.46. The van der Waals surface area contributed by atoms with Gasteiger partial charge in [0.25, 0.3) is 5.91 Å². The predicted molar refractivity (Wildman–Crippen MR) is 88.5 cm³/mol. The van der Waals surface area contributed by atoms with E-state index in [9.17, 15) is 4.79 Å². The molecule has 0 saturated heterocycles. The van der Waals surface area contributed by atoms with Crippen molar-refractivity contribution in [3.8, 4) is 0 Å². The molecule has 3 N–H and O–H groups in total. The maximum Gasteiger partial charge on any atom is 0.253 e. The van der Waals surface area contributed by atoms with Gasteiger partial charge >= 0.3 is 0 Å². The van der Waals surface area contributed by atoms with Gasteiger partial charge in [0.05, 0.1) is 11.4 Å². The Hall–Kier alpha value is -1.71. The second kappa shape index (κ2) is 6.83. The van der Waals surface area contributed by atoms with Gasteiger partial charge in [-0.2, -0.15) is 0 Å². The van der Waals surface area contributed by atoms with Gasteiger partial charge in [0.1, 0.15) is 0 Å². The zero-order valence-electron chi connectivity index (χ0n) is 13.4. The molecule has 2 unspecified atom stereocenters. The lowest BCUT2D eigenvalue weighted by Crippen LogP contribution is -2.23. The molecule has 0 heterocycles. The summed E-state index contributed by atoms with van der Waals surface area (Å²) in [6, 6.07) is 5.95. The van der Waals surface area contributed by atoms with Crippen LogP contribution < -0.4 is 11.1 Å². The molecule has 0 spiro atoms. The third kappa shape index (κ3) is 4.13. The van der Waals surface area contributed by atoms with Crippen molar-refractivity contribution in [1.29, 1.82) is 0 Å². The first-order valence-corrected chi connectivity index (χ1v) is 7.85. The van der Waals surface area contributed by atoms with Crippen LogP contribution in [0.1, 0.15) is 49.4 Å². The van der Waals surface area contributed by atoms with Gasteiger partial charge in [-0.1, -0.05) is 19.8 Å². The van der Waals surface area contributed by atoms with Crippen molar-refractivity contribution in [2.24, 2.45) is 5.92 Å². The van der Waals surface area contributed by atoms with E-state index in [4.69, 9.17) is 5.73 Å². The Morgan fingerprint density at radius 3 is 2.71 bits per heavy atom. The number of nitrogens with zero attached hydrogens (tertiary/aromatic N) is 1. The normalized spacial score (nSPS) is 22.4. The Kier molecular flexibility index (Phi) is 5.10. The molecule has 1 aliphatic rings. The van der Waals surface area contributed by atoms with Crippen molar-refractivity contribution in [2.75, 3.05) is 25.1 Å². The monoisotopic (exact) mass is 289 g/mol. The van der Waals surface area contributed by atoms with Crippen LogP contribution in [-0.2, 0) is 0 Å². The smallest absolute Gasteiger partial charge is 0.253 e. The first kappa shape index (κ1) is 15.7. The molecule has 2 rings (SSSR count). The number of hydrogen-bond donors (Lipinski definition) is 2. The van der Waals surface area contributed by atoms with Gasteiger partial charge in [-0.3, -0.25) is 4.79 Å². The van der Waals surface area contributed by atoms with E-state index in [0.29, 0.717) is 17.3 Å². The molecule has 2 atom stereocenters. The maximum absolute atomic E-state index is 12.1. The van der Waals surface area contributed by atoms with Crippen LogP contribution in [0.5, 0.6) is 0 Å². The van der Waals surface area contributed by atoms with Crippen LogP contribution in [0.2, 0.25) is 0 Å². The number of hydrogen-bond acceptors (Lipinski definition) is 3. The number of amides is 1. The van der Waals surface area contributed by atoms with E-state index in [-0.39, 0.29) is 5.91 Å². The number of nitrogens with two attached hydrogens (primary N) is 1. The van der Waals surface area contributed by atoms with Crippen LogP contribution in [-0.4, -0.2) is 30.9 Å². The minimum Gasteiger partial charge on any atom is -0.397 e. The van der Waals surface area contributed by atoms with Crippen LogP contribution in [0.15, 0.2) is 18.2 Å². The molecule has 4 nitrogen and oxygen atoms in total. The van der Waals surface area contributed by atoms with Crippen molar-refractivity contribution in [3.63, 3.8) is 0 Å². The van der Waals surface area contributed by atoms with Gasteiger partial charge in [-0.15, -0.1) is 0 Å². The average molecular weight is 289 g/mol. The molecule has 0 bridgehead atoms. The fraction of sp³-hybridized carbons (Fsp3) is 0.588. The fourth-order valence-electron chi connectivity index (χ4n) is 2.92. The van der Waals surface area contributed by atoms with Crippen molar-refractivity contribution < 1.29 is 4.79 Å². The molecular weight excluding hydrogens is 262 g/mol. The van der Waals surface area contributed by atoms with Crippen LogP contribution in [0, 0.1) is 5.92 Å².